The first-order valence-corrected chi connectivity index (χ1v) is 8.92. The van der Waals surface area contributed by atoms with Crippen LogP contribution in [0.5, 0.6) is 5.75 Å². The van der Waals surface area contributed by atoms with Gasteiger partial charge in [0.2, 0.25) is 0 Å². The highest BCUT2D eigenvalue weighted by molar-refractivity contribution is 5.87. The van der Waals surface area contributed by atoms with Gasteiger partial charge >= 0.3 is 5.97 Å². The molecule has 5 nitrogen and oxygen atoms in total. The maximum atomic E-state index is 11.0. The molecule has 5 heteroatoms. The normalized spacial score (nSPS) is 13.1. The molecule has 0 saturated carbocycles. The predicted octanol–water partition coefficient (Wildman–Crippen LogP) is 4.68. The fraction of sp³-hybridized carbons (Fsp3) is 0.273. The first kappa shape index (κ1) is 18.5. The summed E-state index contributed by atoms with van der Waals surface area (Å²) in [7, 11) is 0. The first-order chi connectivity index (χ1) is 12.9. The number of aliphatic carboxylic acids is 1. The van der Waals surface area contributed by atoms with E-state index in [1.165, 1.54) is 18.7 Å². The van der Waals surface area contributed by atoms with Crippen molar-refractivity contribution < 1.29 is 14.6 Å². The number of anilines is 1. The highest BCUT2D eigenvalue weighted by Crippen LogP contribution is 2.42. The maximum absolute atomic E-state index is 11.0. The molecule has 0 amide bonds. The number of hydrogen-bond donors (Lipinski definition) is 2. The van der Waals surface area contributed by atoms with E-state index in [1.807, 2.05) is 6.07 Å². The summed E-state index contributed by atoms with van der Waals surface area (Å²) in [5, 5.41) is 21.7. The second kappa shape index (κ2) is 7.55. The molecule has 0 unspecified atom stereocenters. The molecule has 0 saturated heterocycles. The van der Waals surface area contributed by atoms with Crippen molar-refractivity contribution in [3.8, 4) is 22.9 Å². The van der Waals surface area contributed by atoms with Crippen LogP contribution in [0.2, 0.25) is 0 Å². The molecule has 1 heterocycles. The van der Waals surface area contributed by atoms with Crippen LogP contribution in [-0.2, 0) is 11.2 Å². The van der Waals surface area contributed by atoms with Crippen molar-refractivity contribution in [2.45, 2.75) is 33.1 Å². The standard InChI is InChI=1S/C22H22N2O3/c1-13(2)15-4-6-16(7-5-15)18-10-20(24-12-14(3)22(25)26)19(11-23)17-8-9-27-21(17)18/h4-7,10,12-13,24H,8-9H2,1-3H3,(H,25,26). The minimum atomic E-state index is -1.00. The van der Waals surface area contributed by atoms with E-state index in [9.17, 15) is 10.1 Å². The third-order valence-electron chi connectivity index (χ3n) is 4.76. The molecule has 0 spiro atoms. The van der Waals surface area contributed by atoms with Crippen LogP contribution < -0.4 is 10.1 Å². The van der Waals surface area contributed by atoms with Crippen LogP contribution in [-0.4, -0.2) is 17.7 Å². The van der Waals surface area contributed by atoms with E-state index in [1.54, 1.807) is 0 Å². The molecular formula is C22H22N2O3. The van der Waals surface area contributed by atoms with Crippen molar-refractivity contribution in [1.82, 2.24) is 0 Å². The second-order valence-electron chi connectivity index (χ2n) is 6.92. The molecule has 2 aromatic carbocycles. The number of fused-ring (bicyclic) bond motifs is 1. The molecule has 0 radical (unpaired) electrons. The zero-order chi connectivity index (χ0) is 19.6. The molecular weight excluding hydrogens is 340 g/mol. The van der Waals surface area contributed by atoms with E-state index in [0.717, 1.165) is 22.4 Å². The largest absolute Gasteiger partial charge is 0.492 e. The van der Waals surface area contributed by atoms with Crippen LogP contribution in [0.1, 0.15) is 43.4 Å². The van der Waals surface area contributed by atoms with Gasteiger partial charge in [0.25, 0.3) is 0 Å². The predicted molar refractivity (Wildman–Crippen MR) is 105 cm³/mol. The number of benzene rings is 2. The van der Waals surface area contributed by atoms with Crippen LogP contribution in [0.4, 0.5) is 5.69 Å². The van der Waals surface area contributed by atoms with Gasteiger partial charge in [-0.1, -0.05) is 38.1 Å². The molecule has 0 aromatic heterocycles. The molecule has 1 aliphatic rings. The minimum absolute atomic E-state index is 0.165. The lowest BCUT2D eigenvalue weighted by Crippen LogP contribution is -2.02. The van der Waals surface area contributed by atoms with Gasteiger partial charge in [-0.15, -0.1) is 0 Å². The number of hydrogen-bond acceptors (Lipinski definition) is 4. The lowest BCUT2D eigenvalue weighted by atomic mass is 9.94. The number of carboxylic acid groups (broad SMARTS) is 1. The van der Waals surface area contributed by atoms with Gasteiger partial charge in [-0.05, 0) is 30.0 Å². The van der Waals surface area contributed by atoms with Crippen molar-refractivity contribution in [3.63, 3.8) is 0 Å². The van der Waals surface area contributed by atoms with Crippen molar-refractivity contribution in [2.24, 2.45) is 0 Å². The van der Waals surface area contributed by atoms with Crippen LogP contribution in [0.25, 0.3) is 11.1 Å². The highest BCUT2D eigenvalue weighted by atomic mass is 16.5. The smallest absolute Gasteiger partial charge is 0.332 e. The Balaban J connectivity index is 2.10. The molecule has 138 valence electrons. The van der Waals surface area contributed by atoms with Gasteiger partial charge in [-0.3, -0.25) is 0 Å². The molecule has 0 aliphatic carbocycles. The summed E-state index contributed by atoms with van der Waals surface area (Å²) in [6.45, 7) is 6.34. The number of nitrogens with one attached hydrogen (secondary N) is 1. The second-order valence-corrected chi connectivity index (χ2v) is 6.92. The highest BCUT2D eigenvalue weighted by Gasteiger charge is 2.24. The summed E-state index contributed by atoms with van der Waals surface area (Å²) < 4.78 is 5.83. The van der Waals surface area contributed by atoms with Gasteiger partial charge in [0.15, 0.2) is 0 Å². The molecule has 2 N–H and O–H groups in total. The van der Waals surface area contributed by atoms with Crippen LogP contribution in [0.3, 0.4) is 0 Å². The quantitative estimate of drug-likeness (QED) is 0.755. The molecule has 0 fully saturated rings. The summed E-state index contributed by atoms with van der Waals surface area (Å²) >= 11 is 0. The number of ether oxygens (including phenoxy) is 1. The van der Waals surface area contributed by atoms with Crippen LogP contribution in [0.15, 0.2) is 42.1 Å². The SMILES string of the molecule is CC(=CNc1cc(-c2ccc(C(C)C)cc2)c2c(c1C#N)CCO2)C(=O)O. The van der Waals surface area contributed by atoms with Gasteiger partial charge in [-0.2, -0.15) is 5.26 Å². The Morgan fingerprint density at radius 1 is 1.33 bits per heavy atom. The van der Waals surface area contributed by atoms with Gasteiger partial charge in [0.05, 0.1) is 17.9 Å². The van der Waals surface area contributed by atoms with Gasteiger partial charge in [0.1, 0.15) is 11.8 Å². The fourth-order valence-electron chi connectivity index (χ4n) is 3.13. The Hall–Kier alpha value is -3.26. The Bertz CT molecular complexity index is 951. The van der Waals surface area contributed by atoms with Gasteiger partial charge < -0.3 is 15.2 Å². The minimum Gasteiger partial charge on any atom is -0.492 e. The molecule has 3 rings (SSSR count). The van der Waals surface area contributed by atoms with E-state index in [0.29, 0.717) is 30.2 Å². The Morgan fingerprint density at radius 2 is 2.04 bits per heavy atom. The lowest BCUT2D eigenvalue weighted by molar-refractivity contribution is -0.132. The number of carboxylic acids is 1. The van der Waals surface area contributed by atoms with E-state index < -0.39 is 5.97 Å². The van der Waals surface area contributed by atoms with E-state index in [-0.39, 0.29) is 5.57 Å². The van der Waals surface area contributed by atoms with Gasteiger partial charge in [-0.25, -0.2) is 4.79 Å². The van der Waals surface area contributed by atoms with Crippen molar-refractivity contribution >= 4 is 11.7 Å². The molecule has 27 heavy (non-hydrogen) atoms. The maximum Gasteiger partial charge on any atom is 0.332 e. The average Bonchev–Trinajstić information content (AvgIpc) is 3.14. The monoisotopic (exact) mass is 362 g/mol. The third kappa shape index (κ3) is 3.65. The lowest BCUT2D eigenvalue weighted by Gasteiger charge is -2.15. The number of carbonyl (C=O) groups is 1. The summed E-state index contributed by atoms with van der Waals surface area (Å²) in [4.78, 5) is 11.0. The number of rotatable bonds is 5. The average molecular weight is 362 g/mol. The third-order valence-corrected chi connectivity index (χ3v) is 4.76. The molecule has 1 aliphatic heterocycles. The summed E-state index contributed by atoms with van der Waals surface area (Å²) in [5.41, 5.74) is 5.28. The first-order valence-electron chi connectivity index (χ1n) is 8.92. The Kier molecular flexibility index (Phi) is 5.18. The van der Waals surface area contributed by atoms with Crippen molar-refractivity contribution in [1.29, 1.82) is 5.26 Å². The molecule has 2 aromatic rings. The van der Waals surface area contributed by atoms with E-state index in [4.69, 9.17) is 9.84 Å². The van der Waals surface area contributed by atoms with E-state index in [2.05, 4.69) is 49.5 Å². The number of nitrogens with zero attached hydrogens (tertiary/aromatic N) is 1. The molecule has 0 atom stereocenters. The van der Waals surface area contributed by atoms with E-state index >= 15 is 0 Å². The summed E-state index contributed by atoms with van der Waals surface area (Å²) in [5.74, 6) is 0.187. The summed E-state index contributed by atoms with van der Waals surface area (Å²) in [6.07, 6.45) is 2.07. The Labute approximate surface area is 158 Å². The zero-order valence-corrected chi connectivity index (χ0v) is 15.7. The topological polar surface area (TPSA) is 82.3 Å². The van der Waals surface area contributed by atoms with Crippen LogP contribution >= 0.6 is 0 Å². The Morgan fingerprint density at radius 3 is 2.63 bits per heavy atom. The fourth-order valence-corrected chi connectivity index (χ4v) is 3.13. The zero-order valence-electron chi connectivity index (χ0n) is 15.7. The van der Waals surface area contributed by atoms with Crippen molar-refractivity contribution in [2.75, 3.05) is 11.9 Å². The van der Waals surface area contributed by atoms with Crippen molar-refractivity contribution in [3.05, 3.63) is 58.8 Å². The molecule has 0 bridgehead atoms. The van der Waals surface area contributed by atoms with Crippen LogP contribution in [0, 0.1) is 11.3 Å². The van der Waals surface area contributed by atoms with Gasteiger partial charge in [0, 0.05) is 29.3 Å². The number of nitriles is 1. The summed E-state index contributed by atoms with van der Waals surface area (Å²) in [6, 6.07) is 12.4.